The van der Waals surface area contributed by atoms with Crippen LogP contribution in [0, 0.1) is 0 Å². The van der Waals surface area contributed by atoms with Gasteiger partial charge in [-0.3, -0.25) is 5.84 Å². The molecule has 0 atom stereocenters. The van der Waals surface area contributed by atoms with Crippen molar-refractivity contribution >= 4 is 0 Å². The van der Waals surface area contributed by atoms with Crippen molar-refractivity contribution in [1.82, 2.24) is 5.01 Å². The number of rotatable bonds is 5. The summed E-state index contributed by atoms with van der Waals surface area (Å²) in [5.41, 5.74) is 5.29. The van der Waals surface area contributed by atoms with Crippen LogP contribution < -0.4 is 11.6 Å². The highest BCUT2D eigenvalue weighted by Crippen LogP contribution is 1.83. The molecule has 56 valence electrons. The molecule has 0 aromatic carbocycles. The Bertz CT molecular complexity index is 56.3. The fourth-order valence-corrected chi connectivity index (χ4v) is 0.693. The average molecular weight is 131 g/mol. The fourth-order valence-electron chi connectivity index (χ4n) is 0.693. The summed E-state index contributed by atoms with van der Waals surface area (Å²) in [6.07, 6.45) is 2.11. The van der Waals surface area contributed by atoms with Gasteiger partial charge in [0.25, 0.3) is 0 Å². The first-order chi connectivity index (χ1) is 4.31. The van der Waals surface area contributed by atoms with E-state index in [0.717, 1.165) is 32.5 Å². The highest BCUT2D eigenvalue weighted by Gasteiger charge is 1.92. The molecule has 0 heterocycles. The monoisotopic (exact) mass is 131 g/mol. The van der Waals surface area contributed by atoms with Crippen LogP contribution in [0.5, 0.6) is 0 Å². The number of nitrogens with two attached hydrogens (primary N) is 2. The molecule has 4 N–H and O–H groups in total. The molecule has 0 bridgehead atoms. The normalized spacial score (nSPS) is 10.7. The van der Waals surface area contributed by atoms with Gasteiger partial charge in [0, 0.05) is 13.1 Å². The van der Waals surface area contributed by atoms with Gasteiger partial charge in [-0.15, -0.1) is 0 Å². The van der Waals surface area contributed by atoms with E-state index in [1.165, 1.54) is 0 Å². The van der Waals surface area contributed by atoms with Crippen molar-refractivity contribution in [1.29, 1.82) is 0 Å². The van der Waals surface area contributed by atoms with Gasteiger partial charge in [-0.05, 0) is 19.4 Å². The summed E-state index contributed by atoms with van der Waals surface area (Å²) in [7, 11) is 0. The highest BCUT2D eigenvalue weighted by atomic mass is 15.4. The number of nitrogens with zero attached hydrogens (tertiary/aromatic N) is 1. The third kappa shape index (κ3) is 5.76. The van der Waals surface area contributed by atoms with E-state index in [0.29, 0.717) is 0 Å². The molecule has 0 fully saturated rings. The Hall–Kier alpha value is -0.120. The molecule has 0 aliphatic rings. The lowest BCUT2D eigenvalue weighted by molar-refractivity contribution is 0.282. The molecule has 0 unspecified atom stereocenters. The topological polar surface area (TPSA) is 55.3 Å². The van der Waals surface area contributed by atoms with E-state index < -0.39 is 0 Å². The van der Waals surface area contributed by atoms with Crippen LogP contribution in [0.25, 0.3) is 0 Å². The Morgan fingerprint density at radius 2 is 2.00 bits per heavy atom. The van der Waals surface area contributed by atoms with Crippen molar-refractivity contribution in [3.05, 3.63) is 0 Å². The second kappa shape index (κ2) is 6.01. The minimum atomic E-state index is 0.734. The van der Waals surface area contributed by atoms with Crippen molar-refractivity contribution < 1.29 is 0 Å². The minimum absolute atomic E-state index is 0.734. The highest BCUT2D eigenvalue weighted by molar-refractivity contribution is 4.47. The van der Waals surface area contributed by atoms with Gasteiger partial charge in [0.2, 0.25) is 0 Å². The van der Waals surface area contributed by atoms with Crippen LogP contribution in [-0.4, -0.2) is 24.6 Å². The zero-order valence-electron chi connectivity index (χ0n) is 6.14. The first kappa shape index (κ1) is 8.88. The number of hydrazine groups is 1. The molecular formula is C6H17N3. The Morgan fingerprint density at radius 1 is 1.33 bits per heavy atom. The first-order valence-electron chi connectivity index (χ1n) is 3.51. The summed E-state index contributed by atoms with van der Waals surface area (Å²) in [4.78, 5) is 0. The molecule has 0 aliphatic heterocycles. The maximum absolute atomic E-state index is 5.55. The van der Waals surface area contributed by atoms with Crippen LogP contribution in [0.1, 0.15) is 19.8 Å². The van der Waals surface area contributed by atoms with Crippen LogP contribution in [-0.2, 0) is 0 Å². The van der Waals surface area contributed by atoms with Crippen molar-refractivity contribution in [3.63, 3.8) is 0 Å². The molecule has 0 radical (unpaired) electrons. The second-order valence-corrected chi connectivity index (χ2v) is 2.18. The van der Waals surface area contributed by atoms with E-state index in [1.54, 1.807) is 0 Å². The summed E-state index contributed by atoms with van der Waals surface area (Å²) >= 11 is 0. The number of hydrogen-bond donors (Lipinski definition) is 2. The van der Waals surface area contributed by atoms with E-state index in [9.17, 15) is 0 Å². The van der Waals surface area contributed by atoms with Gasteiger partial charge in [0.05, 0.1) is 0 Å². The Morgan fingerprint density at radius 3 is 2.44 bits per heavy atom. The van der Waals surface area contributed by atoms with Crippen molar-refractivity contribution in [2.24, 2.45) is 11.6 Å². The van der Waals surface area contributed by atoms with Gasteiger partial charge >= 0.3 is 0 Å². The third-order valence-electron chi connectivity index (χ3n) is 1.16. The zero-order valence-corrected chi connectivity index (χ0v) is 6.14. The molecule has 0 saturated heterocycles. The van der Waals surface area contributed by atoms with E-state index in [-0.39, 0.29) is 0 Å². The lowest BCUT2D eigenvalue weighted by atomic mass is 10.4. The maximum Gasteiger partial charge on any atom is 0.0140 e. The molecule has 3 heteroatoms. The van der Waals surface area contributed by atoms with Gasteiger partial charge in [-0.1, -0.05) is 6.92 Å². The maximum atomic E-state index is 5.55. The standard InChI is InChI=1S/C6H17N3/c1-2-5-9(8)6-3-4-7/h2-8H2,1H3. The van der Waals surface area contributed by atoms with Crippen molar-refractivity contribution in [2.75, 3.05) is 19.6 Å². The molecule has 0 spiro atoms. The number of hydrogen-bond acceptors (Lipinski definition) is 3. The van der Waals surface area contributed by atoms with Crippen molar-refractivity contribution in [2.45, 2.75) is 19.8 Å². The van der Waals surface area contributed by atoms with E-state index in [2.05, 4.69) is 6.92 Å². The van der Waals surface area contributed by atoms with Crippen LogP contribution in [0.3, 0.4) is 0 Å². The molecule has 0 aliphatic carbocycles. The van der Waals surface area contributed by atoms with Gasteiger partial charge in [-0.2, -0.15) is 0 Å². The Balaban J connectivity index is 2.95. The lowest BCUT2D eigenvalue weighted by Gasteiger charge is -2.13. The van der Waals surface area contributed by atoms with Crippen molar-refractivity contribution in [3.8, 4) is 0 Å². The molecular weight excluding hydrogens is 114 g/mol. The smallest absolute Gasteiger partial charge is 0.0140 e. The zero-order chi connectivity index (χ0) is 7.11. The van der Waals surface area contributed by atoms with Crippen LogP contribution in [0.4, 0.5) is 0 Å². The minimum Gasteiger partial charge on any atom is -0.330 e. The Kier molecular flexibility index (Phi) is 5.93. The molecule has 3 nitrogen and oxygen atoms in total. The average Bonchev–Trinajstić information content (AvgIpc) is 1.85. The molecule has 0 aromatic rings. The van der Waals surface area contributed by atoms with E-state index in [1.807, 2.05) is 5.01 Å². The van der Waals surface area contributed by atoms with Gasteiger partial charge < -0.3 is 5.73 Å². The van der Waals surface area contributed by atoms with Gasteiger partial charge in [0.15, 0.2) is 0 Å². The predicted octanol–water partition coefficient (Wildman–Crippen LogP) is -0.0791. The molecule has 0 rings (SSSR count). The summed E-state index contributed by atoms with van der Waals surface area (Å²) in [5.74, 6) is 5.55. The first-order valence-corrected chi connectivity index (χ1v) is 3.51. The van der Waals surface area contributed by atoms with Gasteiger partial charge in [0.1, 0.15) is 0 Å². The lowest BCUT2D eigenvalue weighted by Crippen LogP contribution is -2.33. The predicted molar refractivity (Wildman–Crippen MR) is 39.7 cm³/mol. The van der Waals surface area contributed by atoms with Crippen LogP contribution in [0.2, 0.25) is 0 Å². The summed E-state index contributed by atoms with van der Waals surface area (Å²) in [5, 5.41) is 1.81. The summed E-state index contributed by atoms with van der Waals surface area (Å²) in [6, 6.07) is 0. The third-order valence-corrected chi connectivity index (χ3v) is 1.16. The van der Waals surface area contributed by atoms with Crippen LogP contribution in [0.15, 0.2) is 0 Å². The summed E-state index contributed by atoms with van der Waals surface area (Å²) in [6.45, 7) is 4.74. The Labute approximate surface area is 57.0 Å². The van der Waals surface area contributed by atoms with E-state index in [4.69, 9.17) is 11.6 Å². The van der Waals surface area contributed by atoms with E-state index >= 15 is 0 Å². The van der Waals surface area contributed by atoms with Gasteiger partial charge in [-0.25, -0.2) is 5.01 Å². The molecule has 0 aromatic heterocycles. The molecule has 9 heavy (non-hydrogen) atoms. The molecule has 0 amide bonds. The quantitative estimate of drug-likeness (QED) is 0.405. The van der Waals surface area contributed by atoms with Crippen LogP contribution >= 0.6 is 0 Å². The fraction of sp³-hybridized carbons (Fsp3) is 1.00. The molecule has 0 saturated carbocycles. The second-order valence-electron chi connectivity index (χ2n) is 2.18. The summed E-state index contributed by atoms with van der Waals surface area (Å²) < 4.78 is 0. The largest absolute Gasteiger partial charge is 0.330 e. The SMILES string of the molecule is CCCN(N)CCCN.